The lowest BCUT2D eigenvalue weighted by Gasteiger charge is -2.09. The zero-order valence-corrected chi connectivity index (χ0v) is 20.4. The number of anilines is 1. The van der Waals surface area contributed by atoms with Gasteiger partial charge in [-0.25, -0.2) is 4.68 Å². The standard InChI is InChI=1S/C24H23Cl2N5O3/c1-15-23(16(2)31(28-15)13-17-6-4-7-18(12-17)33-3)27-24(32)20-10-11-30(29-20)14-34-21-9-5-8-19(25)22(21)26/h4-12H,13-14H2,1-3H3,(H,27,32). The van der Waals surface area contributed by atoms with Crippen LogP contribution in [0.15, 0.2) is 54.7 Å². The number of benzene rings is 2. The van der Waals surface area contributed by atoms with E-state index < -0.39 is 0 Å². The number of rotatable bonds is 8. The zero-order valence-electron chi connectivity index (χ0n) is 18.9. The average molecular weight is 500 g/mol. The quantitative estimate of drug-likeness (QED) is 0.353. The van der Waals surface area contributed by atoms with Crippen molar-refractivity contribution in [2.45, 2.75) is 27.1 Å². The lowest BCUT2D eigenvalue weighted by atomic mass is 10.2. The first-order valence-electron chi connectivity index (χ1n) is 10.4. The number of hydrogen-bond donors (Lipinski definition) is 1. The van der Waals surface area contributed by atoms with Crippen molar-refractivity contribution in [1.29, 1.82) is 0 Å². The SMILES string of the molecule is COc1cccc(Cn2nc(C)c(NC(=O)c3ccn(COc4cccc(Cl)c4Cl)n3)c2C)c1. The Morgan fingerprint density at radius 2 is 1.88 bits per heavy atom. The number of ether oxygens (including phenoxy) is 2. The van der Waals surface area contributed by atoms with Crippen LogP contribution in [0.25, 0.3) is 0 Å². The van der Waals surface area contributed by atoms with Crippen molar-refractivity contribution < 1.29 is 14.3 Å². The summed E-state index contributed by atoms with van der Waals surface area (Å²) in [5, 5.41) is 12.5. The van der Waals surface area contributed by atoms with Gasteiger partial charge in [0.2, 0.25) is 0 Å². The van der Waals surface area contributed by atoms with E-state index in [4.69, 9.17) is 32.7 Å². The number of nitrogens with one attached hydrogen (secondary N) is 1. The van der Waals surface area contributed by atoms with Crippen LogP contribution in [0, 0.1) is 13.8 Å². The number of aromatic nitrogens is 4. The molecule has 4 aromatic rings. The van der Waals surface area contributed by atoms with Crippen LogP contribution in [0.2, 0.25) is 10.0 Å². The van der Waals surface area contributed by atoms with Gasteiger partial charge in [-0.3, -0.25) is 9.48 Å². The van der Waals surface area contributed by atoms with Crippen molar-refractivity contribution >= 4 is 34.8 Å². The van der Waals surface area contributed by atoms with E-state index in [0.29, 0.717) is 33.7 Å². The highest BCUT2D eigenvalue weighted by molar-refractivity contribution is 6.42. The molecule has 2 heterocycles. The average Bonchev–Trinajstić information content (AvgIpc) is 3.41. The van der Waals surface area contributed by atoms with Crippen molar-refractivity contribution in [1.82, 2.24) is 19.6 Å². The number of methoxy groups -OCH3 is 1. The third-order valence-corrected chi connectivity index (χ3v) is 6.03. The highest BCUT2D eigenvalue weighted by Crippen LogP contribution is 2.31. The number of carbonyl (C=O) groups excluding carboxylic acids is 1. The number of hydrogen-bond acceptors (Lipinski definition) is 5. The Morgan fingerprint density at radius 3 is 2.68 bits per heavy atom. The van der Waals surface area contributed by atoms with Crippen LogP contribution >= 0.6 is 23.2 Å². The fraction of sp³-hybridized carbons (Fsp3) is 0.208. The number of carbonyl (C=O) groups is 1. The monoisotopic (exact) mass is 499 g/mol. The molecule has 0 bridgehead atoms. The Kier molecular flexibility index (Phi) is 7.09. The molecule has 1 N–H and O–H groups in total. The topological polar surface area (TPSA) is 83.2 Å². The second-order valence-corrected chi connectivity index (χ2v) is 8.36. The van der Waals surface area contributed by atoms with Gasteiger partial charge < -0.3 is 14.8 Å². The highest BCUT2D eigenvalue weighted by Gasteiger charge is 2.17. The fourth-order valence-corrected chi connectivity index (χ4v) is 3.79. The van der Waals surface area contributed by atoms with Gasteiger partial charge in [0.05, 0.1) is 35.8 Å². The van der Waals surface area contributed by atoms with Crippen molar-refractivity contribution in [3.8, 4) is 11.5 Å². The maximum atomic E-state index is 12.8. The van der Waals surface area contributed by atoms with Gasteiger partial charge in [-0.2, -0.15) is 10.2 Å². The van der Waals surface area contributed by atoms with E-state index in [0.717, 1.165) is 17.0 Å². The molecule has 34 heavy (non-hydrogen) atoms. The zero-order chi connectivity index (χ0) is 24.2. The van der Waals surface area contributed by atoms with Gasteiger partial charge >= 0.3 is 0 Å². The third-order valence-electron chi connectivity index (χ3n) is 5.23. The van der Waals surface area contributed by atoms with Gasteiger partial charge in [0.1, 0.15) is 16.5 Å². The molecule has 1 amide bonds. The van der Waals surface area contributed by atoms with Crippen LogP contribution in [-0.2, 0) is 13.3 Å². The third kappa shape index (κ3) is 5.18. The predicted octanol–water partition coefficient (Wildman–Crippen LogP) is 5.35. The first-order valence-corrected chi connectivity index (χ1v) is 11.2. The second-order valence-electron chi connectivity index (χ2n) is 7.57. The Bertz CT molecular complexity index is 1330. The molecule has 0 saturated carbocycles. The van der Waals surface area contributed by atoms with E-state index >= 15 is 0 Å². The molecule has 0 aliphatic carbocycles. The Labute approximate surface area is 207 Å². The first kappa shape index (κ1) is 23.7. The Hall–Kier alpha value is -3.49. The molecular formula is C24H23Cl2N5O3. The molecule has 0 radical (unpaired) electrons. The van der Waals surface area contributed by atoms with Gasteiger partial charge in [-0.05, 0) is 49.7 Å². The minimum absolute atomic E-state index is 0.0733. The number of aryl methyl sites for hydroxylation is 1. The van der Waals surface area contributed by atoms with E-state index in [1.165, 1.54) is 4.68 Å². The number of amides is 1. The largest absolute Gasteiger partial charge is 0.497 e. The highest BCUT2D eigenvalue weighted by atomic mass is 35.5. The summed E-state index contributed by atoms with van der Waals surface area (Å²) in [5.74, 6) is 0.877. The van der Waals surface area contributed by atoms with E-state index in [1.807, 2.05) is 42.8 Å². The van der Waals surface area contributed by atoms with Gasteiger partial charge in [-0.1, -0.05) is 41.4 Å². The van der Waals surface area contributed by atoms with Crippen LogP contribution < -0.4 is 14.8 Å². The summed E-state index contributed by atoms with van der Waals surface area (Å²) in [6, 6.07) is 14.5. The van der Waals surface area contributed by atoms with Crippen molar-refractivity contribution in [2.24, 2.45) is 0 Å². The summed E-state index contributed by atoms with van der Waals surface area (Å²) >= 11 is 12.1. The minimum Gasteiger partial charge on any atom is -0.497 e. The summed E-state index contributed by atoms with van der Waals surface area (Å²) in [5.41, 5.74) is 3.50. The molecular weight excluding hydrogens is 477 g/mol. The summed E-state index contributed by atoms with van der Waals surface area (Å²) < 4.78 is 14.3. The normalized spacial score (nSPS) is 10.9. The lowest BCUT2D eigenvalue weighted by Crippen LogP contribution is -2.15. The van der Waals surface area contributed by atoms with Crippen LogP contribution in [0.5, 0.6) is 11.5 Å². The summed E-state index contributed by atoms with van der Waals surface area (Å²) in [4.78, 5) is 12.8. The van der Waals surface area contributed by atoms with E-state index in [1.54, 1.807) is 37.6 Å². The van der Waals surface area contributed by atoms with Crippen LogP contribution in [0.3, 0.4) is 0 Å². The first-order chi connectivity index (χ1) is 16.4. The molecule has 2 aromatic carbocycles. The molecule has 8 nitrogen and oxygen atoms in total. The van der Waals surface area contributed by atoms with E-state index in [2.05, 4.69) is 15.5 Å². The fourth-order valence-electron chi connectivity index (χ4n) is 3.44. The van der Waals surface area contributed by atoms with E-state index in [9.17, 15) is 4.79 Å². The number of nitrogens with zero attached hydrogens (tertiary/aromatic N) is 4. The molecule has 0 spiro atoms. The maximum absolute atomic E-state index is 12.8. The molecule has 0 saturated heterocycles. The molecule has 10 heteroatoms. The van der Waals surface area contributed by atoms with Crippen molar-refractivity contribution in [3.05, 3.63) is 87.4 Å². The van der Waals surface area contributed by atoms with Crippen molar-refractivity contribution in [3.63, 3.8) is 0 Å². The molecule has 4 rings (SSSR count). The lowest BCUT2D eigenvalue weighted by molar-refractivity contribution is 0.102. The summed E-state index contributed by atoms with van der Waals surface area (Å²) in [7, 11) is 1.63. The maximum Gasteiger partial charge on any atom is 0.276 e. The molecule has 176 valence electrons. The Morgan fingerprint density at radius 1 is 1.09 bits per heavy atom. The Balaban J connectivity index is 1.43. The van der Waals surface area contributed by atoms with Gasteiger partial charge in [0.15, 0.2) is 12.4 Å². The molecule has 2 aromatic heterocycles. The minimum atomic E-state index is -0.341. The molecule has 0 aliphatic heterocycles. The van der Waals surface area contributed by atoms with Gasteiger partial charge in [-0.15, -0.1) is 0 Å². The van der Waals surface area contributed by atoms with Gasteiger partial charge in [0, 0.05) is 6.20 Å². The smallest absolute Gasteiger partial charge is 0.276 e. The molecule has 0 aliphatic rings. The van der Waals surface area contributed by atoms with Crippen LogP contribution in [-0.4, -0.2) is 32.6 Å². The van der Waals surface area contributed by atoms with E-state index in [-0.39, 0.29) is 18.3 Å². The van der Waals surface area contributed by atoms with Crippen LogP contribution in [0.4, 0.5) is 5.69 Å². The number of halogens is 2. The summed E-state index contributed by atoms with van der Waals surface area (Å²) in [6.07, 6.45) is 1.65. The molecule has 0 unspecified atom stereocenters. The van der Waals surface area contributed by atoms with Crippen molar-refractivity contribution in [2.75, 3.05) is 12.4 Å². The second kappa shape index (κ2) is 10.2. The predicted molar refractivity (Wildman–Crippen MR) is 131 cm³/mol. The van der Waals surface area contributed by atoms with Crippen LogP contribution in [0.1, 0.15) is 27.4 Å². The molecule has 0 fully saturated rings. The molecule has 0 atom stereocenters. The summed E-state index contributed by atoms with van der Waals surface area (Å²) in [6.45, 7) is 4.39. The van der Waals surface area contributed by atoms with Gasteiger partial charge in [0.25, 0.3) is 5.91 Å².